The van der Waals surface area contributed by atoms with Gasteiger partial charge in [0, 0.05) is 18.2 Å². The van der Waals surface area contributed by atoms with Crippen LogP contribution in [0.5, 0.6) is 0 Å². The van der Waals surface area contributed by atoms with Crippen molar-refractivity contribution >= 4 is 23.5 Å². The number of ether oxygens (including phenoxy) is 1. The predicted molar refractivity (Wildman–Crippen MR) is 71.1 cm³/mol. The summed E-state index contributed by atoms with van der Waals surface area (Å²) >= 11 is 0. The SMILES string of the molecule is COC(=O)C(O)CNC(=O)c1ccc(NC(C)=O)cc1. The zero-order valence-corrected chi connectivity index (χ0v) is 11.2. The van der Waals surface area contributed by atoms with E-state index < -0.39 is 18.0 Å². The number of rotatable bonds is 5. The first kappa shape index (κ1) is 15.6. The standard InChI is InChI=1S/C13H16N2O5/c1-8(16)15-10-5-3-9(4-6-10)12(18)14-7-11(17)13(19)20-2/h3-6,11,17H,7H2,1-2H3,(H,14,18)(H,15,16). The van der Waals surface area contributed by atoms with Crippen molar-refractivity contribution in [3.63, 3.8) is 0 Å². The van der Waals surface area contributed by atoms with Crippen LogP contribution in [-0.2, 0) is 14.3 Å². The smallest absolute Gasteiger partial charge is 0.336 e. The average molecular weight is 280 g/mol. The third-order valence-electron chi connectivity index (χ3n) is 2.40. The van der Waals surface area contributed by atoms with Crippen LogP contribution in [0.15, 0.2) is 24.3 Å². The van der Waals surface area contributed by atoms with Gasteiger partial charge in [0.1, 0.15) is 0 Å². The number of esters is 1. The van der Waals surface area contributed by atoms with E-state index in [0.29, 0.717) is 11.3 Å². The molecule has 0 bridgehead atoms. The molecule has 0 aliphatic heterocycles. The Balaban J connectivity index is 2.55. The van der Waals surface area contributed by atoms with Gasteiger partial charge in [-0.1, -0.05) is 0 Å². The van der Waals surface area contributed by atoms with Crippen LogP contribution >= 0.6 is 0 Å². The second-order valence-corrected chi connectivity index (χ2v) is 4.01. The molecule has 0 aliphatic carbocycles. The van der Waals surface area contributed by atoms with Gasteiger partial charge in [-0.3, -0.25) is 9.59 Å². The second kappa shape index (κ2) is 7.25. The van der Waals surface area contributed by atoms with E-state index in [1.165, 1.54) is 19.1 Å². The topological polar surface area (TPSA) is 105 Å². The molecule has 1 aromatic carbocycles. The van der Waals surface area contributed by atoms with Gasteiger partial charge in [-0.15, -0.1) is 0 Å². The highest BCUT2D eigenvalue weighted by Crippen LogP contribution is 2.09. The maximum atomic E-state index is 11.7. The van der Waals surface area contributed by atoms with Gasteiger partial charge in [0.15, 0.2) is 6.10 Å². The second-order valence-electron chi connectivity index (χ2n) is 4.01. The van der Waals surface area contributed by atoms with Crippen LogP contribution in [0.4, 0.5) is 5.69 Å². The van der Waals surface area contributed by atoms with E-state index in [1.807, 2.05) is 0 Å². The third kappa shape index (κ3) is 4.69. The number of hydrogen-bond acceptors (Lipinski definition) is 5. The molecule has 1 unspecified atom stereocenters. The minimum absolute atomic E-state index is 0.205. The molecule has 0 aliphatic rings. The molecule has 0 fully saturated rings. The molecule has 0 aromatic heterocycles. The molecule has 2 amide bonds. The fraction of sp³-hybridized carbons (Fsp3) is 0.308. The number of methoxy groups -OCH3 is 1. The number of amides is 2. The Morgan fingerprint density at radius 1 is 1.25 bits per heavy atom. The molecule has 108 valence electrons. The number of aliphatic hydroxyl groups is 1. The van der Waals surface area contributed by atoms with Crippen molar-refractivity contribution in [1.29, 1.82) is 0 Å². The van der Waals surface area contributed by atoms with Gasteiger partial charge in [-0.2, -0.15) is 0 Å². The average Bonchev–Trinajstić information content (AvgIpc) is 2.43. The first-order chi connectivity index (χ1) is 9.43. The van der Waals surface area contributed by atoms with E-state index in [1.54, 1.807) is 12.1 Å². The van der Waals surface area contributed by atoms with Crippen LogP contribution < -0.4 is 10.6 Å². The molecule has 1 rings (SSSR count). The summed E-state index contributed by atoms with van der Waals surface area (Å²) in [5.41, 5.74) is 0.916. The number of benzene rings is 1. The van der Waals surface area contributed by atoms with Gasteiger partial charge in [0.25, 0.3) is 5.91 Å². The Morgan fingerprint density at radius 3 is 2.35 bits per heavy atom. The van der Waals surface area contributed by atoms with Crippen LogP contribution in [0.25, 0.3) is 0 Å². The zero-order valence-electron chi connectivity index (χ0n) is 11.2. The maximum absolute atomic E-state index is 11.7. The van der Waals surface area contributed by atoms with Gasteiger partial charge >= 0.3 is 5.97 Å². The van der Waals surface area contributed by atoms with Crippen molar-refractivity contribution in [3.05, 3.63) is 29.8 Å². The summed E-state index contributed by atoms with van der Waals surface area (Å²) in [5.74, 6) is -1.46. The monoisotopic (exact) mass is 280 g/mol. The summed E-state index contributed by atoms with van der Waals surface area (Å²) in [7, 11) is 1.15. The number of hydrogen-bond donors (Lipinski definition) is 3. The summed E-state index contributed by atoms with van der Waals surface area (Å²) in [5, 5.41) is 14.3. The molecule has 0 saturated carbocycles. The fourth-order valence-electron chi connectivity index (χ4n) is 1.42. The van der Waals surface area contributed by atoms with Crippen LogP contribution in [0.3, 0.4) is 0 Å². The summed E-state index contributed by atoms with van der Waals surface area (Å²) in [6.07, 6.45) is -1.40. The zero-order chi connectivity index (χ0) is 15.1. The number of carbonyl (C=O) groups is 3. The molecular formula is C13H16N2O5. The molecule has 0 saturated heterocycles. The van der Waals surface area contributed by atoms with Crippen molar-refractivity contribution in [1.82, 2.24) is 5.32 Å². The quantitative estimate of drug-likeness (QED) is 0.654. The number of carbonyl (C=O) groups excluding carboxylic acids is 3. The molecule has 0 radical (unpaired) electrons. The van der Waals surface area contributed by atoms with E-state index in [0.717, 1.165) is 7.11 Å². The Labute approximate surface area is 115 Å². The van der Waals surface area contributed by atoms with Crippen molar-refractivity contribution < 1.29 is 24.2 Å². The van der Waals surface area contributed by atoms with Crippen LogP contribution in [0, 0.1) is 0 Å². The molecule has 7 heteroatoms. The highest BCUT2D eigenvalue weighted by atomic mass is 16.5. The van der Waals surface area contributed by atoms with Crippen molar-refractivity contribution in [2.45, 2.75) is 13.0 Å². The molecule has 0 heterocycles. The number of nitrogens with one attached hydrogen (secondary N) is 2. The van der Waals surface area contributed by atoms with Crippen LogP contribution in [0.2, 0.25) is 0 Å². The minimum atomic E-state index is -1.40. The molecule has 20 heavy (non-hydrogen) atoms. The molecule has 7 nitrogen and oxygen atoms in total. The van der Waals surface area contributed by atoms with Crippen LogP contribution in [0.1, 0.15) is 17.3 Å². The van der Waals surface area contributed by atoms with E-state index >= 15 is 0 Å². The summed E-state index contributed by atoms with van der Waals surface area (Å²) in [4.78, 5) is 33.5. The Morgan fingerprint density at radius 2 is 1.85 bits per heavy atom. The lowest BCUT2D eigenvalue weighted by Crippen LogP contribution is -2.37. The van der Waals surface area contributed by atoms with E-state index in [4.69, 9.17) is 0 Å². The predicted octanol–water partition coefficient (Wildman–Crippen LogP) is -0.0913. The molecule has 1 atom stereocenters. The lowest BCUT2D eigenvalue weighted by atomic mass is 10.2. The fourth-order valence-corrected chi connectivity index (χ4v) is 1.42. The summed E-state index contributed by atoms with van der Waals surface area (Å²) in [6, 6.07) is 6.19. The largest absolute Gasteiger partial charge is 0.467 e. The molecule has 3 N–H and O–H groups in total. The van der Waals surface area contributed by atoms with Gasteiger partial charge in [-0.25, -0.2) is 4.79 Å². The molecule has 1 aromatic rings. The maximum Gasteiger partial charge on any atom is 0.336 e. The Kier molecular flexibility index (Phi) is 5.67. The van der Waals surface area contributed by atoms with Crippen molar-refractivity contribution in [3.8, 4) is 0 Å². The normalized spacial score (nSPS) is 11.3. The number of aliphatic hydroxyl groups excluding tert-OH is 1. The Hall–Kier alpha value is -2.41. The summed E-state index contributed by atoms with van der Waals surface area (Å²) in [6.45, 7) is 1.15. The molecular weight excluding hydrogens is 264 g/mol. The minimum Gasteiger partial charge on any atom is -0.467 e. The van der Waals surface area contributed by atoms with Gasteiger partial charge < -0.3 is 20.5 Å². The molecule has 0 spiro atoms. The lowest BCUT2D eigenvalue weighted by molar-refractivity contribution is -0.149. The van der Waals surface area contributed by atoms with Crippen molar-refractivity contribution in [2.24, 2.45) is 0 Å². The third-order valence-corrected chi connectivity index (χ3v) is 2.40. The van der Waals surface area contributed by atoms with Crippen molar-refractivity contribution in [2.75, 3.05) is 19.0 Å². The highest BCUT2D eigenvalue weighted by molar-refractivity contribution is 5.95. The van der Waals surface area contributed by atoms with E-state index in [9.17, 15) is 19.5 Å². The Bertz CT molecular complexity index is 498. The van der Waals surface area contributed by atoms with Gasteiger partial charge in [0.2, 0.25) is 5.91 Å². The first-order valence-electron chi connectivity index (χ1n) is 5.85. The van der Waals surface area contributed by atoms with Gasteiger partial charge in [0.05, 0.1) is 13.7 Å². The summed E-state index contributed by atoms with van der Waals surface area (Å²) < 4.78 is 4.32. The highest BCUT2D eigenvalue weighted by Gasteiger charge is 2.16. The number of anilines is 1. The first-order valence-corrected chi connectivity index (χ1v) is 5.85. The van der Waals surface area contributed by atoms with Crippen LogP contribution in [-0.4, -0.2) is 42.6 Å². The van der Waals surface area contributed by atoms with E-state index in [2.05, 4.69) is 15.4 Å². The lowest BCUT2D eigenvalue weighted by Gasteiger charge is -2.10. The van der Waals surface area contributed by atoms with Gasteiger partial charge in [-0.05, 0) is 24.3 Å². The van der Waals surface area contributed by atoms with E-state index in [-0.39, 0.29) is 12.5 Å².